The molecular formula is C23H23N5O5. The highest BCUT2D eigenvalue weighted by Gasteiger charge is 2.22. The van der Waals surface area contributed by atoms with Gasteiger partial charge in [0.25, 0.3) is 5.91 Å². The van der Waals surface area contributed by atoms with E-state index in [4.69, 9.17) is 4.74 Å². The van der Waals surface area contributed by atoms with Gasteiger partial charge in [-0.1, -0.05) is 18.2 Å². The molecule has 0 atom stereocenters. The SMILES string of the molecule is CC(=NNC(=O)Cn1nc(C)c([N+](=O)[O-])c1C)c1ccc(OC(=O)c2ccccc2C)cc1. The number of carbonyl (C=O) groups is 2. The summed E-state index contributed by atoms with van der Waals surface area (Å²) in [5, 5.41) is 19.2. The molecule has 0 bridgehead atoms. The fourth-order valence-electron chi connectivity index (χ4n) is 3.22. The van der Waals surface area contributed by atoms with Crippen molar-refractivity contribution in [1.82, 2.24) is 15.2 Å². The molecule has 0 spiro atoms. The van der Waals surface area contributed by atoms with Crippen molar-refractivity contribution in [3.63, 3.8) is 0 Å². The summed E-state index contributed by atoms with van der Waals surface area (Å²) >= 11 is 0. The van der Waals surface area contributed by atoms with Crippen molar-refractivity contribution in [3.8, 4) is 5.75 Å². The van der Waals surface area contributed by atoms with E-state index in [0.29, 0.717) is 28.3 Å². The lowest BCUT2D eigenvalue weighted by atomic mass is 10.1. The molecule has 3 aromatic rings. The van der Waals surface area contributed by atoms with E-state index in [2.05, 4.69) is 15.6 Å². The number of nitrogens with zero attached hydrogens (tertiary/aromatic N) is 4. The van der Waals surface area contributed by atoms with Crippen molar-refractivity contribution in [2.45, 2.75) is 34.2 Å². The number of hydrogen-bond acceptors (Lipinski definition) is 7. The zero-order valence-electron chi connectivity index (χ0n) is 18.7. The van der Waals surface area contributed by atoms with E-state index in [1.54, 1.807) is 43.3 Å². The van der Waals surface area contributed by atoms with Crippen LogP contribution in [0.5, 0.6) is 5.75 Å². The van der Waals surface area contributed by atoms with Gasteiger partial charge in [0.15, 0.2) is 0 Å². The number of carbonyl (C=O) groups excluding carboxylic acids is 2. The lowest BCUT2D eigenvalue weighted by molar-refractivity contribution is -0.386. The van der Waals surface area contributed by atoms with E-state index in [1.165, 1.54) is 18.5 Å². The Kier molecular flexibility index (Phi) is 6.97. The first kappa shape index (κ1) is 23.3. The van der Waals surface area contributed by atoms with E-state index in [9.17, 15) is 19.7 Å². The van der Waals surface area contributed by atoms with Crippen LogP contribution in [0, 0.1) is 30.9 Å². The number of nitro groups is 1. The number of hydrogen-bond donors (Lipinski definition) is 1. The van der Waals surface area contributed by atoms with Gasteiger partial charge in [0.2, 0.25) is 0 Å². The number of aryl methyl sites for hydroxylation is 2. The van der Waals surface area contributed by atoms with Gasteiger partial charge in [-0.3, -0.25) is 19.6 Å². The van der Waals surface area contributed by atoms with E-state index in [-0.39, 0.29) is 17.9 Å². The van der Waals surface area contributed by atoms with Gasteiger partial charge in [-0.2, -0.15) is 10.2 Å². The molecule has 10 nitrogen and oxygen atoms in total. The van der Waals surface area contributed by atoms with Crippen LogP contribution in [-0.2, 0) is 11.3 Å². The molecule has 10 heteroatoms. The standard InChI is InChI=1S/C23H23N5O5/c1-14-7-5-6-8-20(14)23(30)33-19-11-9-18(10-12-19)15(2)24-25-21(29)13-27-17(4)22(28(31)32)16(3)26-27/h5-12H,13H2,1-4H3,(H,25,29). The fourth-order valence-corrected chi connectivity index (χ4v) is 3.22. The van der Waals surface area contributed by atoms with Crippen LogP contribution in [0.15, 0.2) is 53.6 Å². The van der Waals surface area contributed by atoms with Crippen molar-refractivity contribution in [1.29, 1.82) is 0 Å². The largest absolute Gasteiger partial charge is 0.423 e. The summed E-state index contributed by atoms with van der Waals surface area (Å²) in [4.78, 5) is 35.1. The normalized spacial score (nSPS) is 11.2. The Bertz CT molecular complexity index is 1240. The minimum atomic E-state index is -0.518. The summed E-state index contributed by atoms with van der Waals surface area (Å²) in [7, 11) is 0. The molecule has 33 heavy (non-hydrogen) atoms. The highest BCUT2D eigenvalue weighted by atomic mass is 16.6. The van der Waals surface area contributed by atoms with Gasteiger partial charge in [-0.15, -0.1) is 0 Å². The van der Waals surface area contributed by atoms with Gasteiger partial charge in [-0.25, -0.2) is 10.2 Å². The molecule has 1 heterocycles. The summed E-state index contributed by atoms with van der Waals surface area (Å²) in [6.07, 6.45) is 0. The van der Waals surface area contributed by atoms with Crippen molar-refractivity contribution in [2.24, 2.45) is 5.10 Å². The molecule has 3 rings (SSSR count). The Labute approximate surface area is 190 Å². The van der Waals surface area contributed by atoms with Crippen LogP contribution in [0.2, 0.25) is 0 Å². The van der Waals surface area contributed by atoms with Crippen molar-refractivity contribution < 1.29 is 19.2 Å². The summed E-state index contributed by atoms with van der Waals surface area (Å²) in [5.74, 6) is -0.531. The van der Waals surface area contributed by atoms with E-state index in [0.717, 1.165) is 5.56 Å². The molecule has 0 unspecified atom stereocenters. The first-order valence-corrected chi connectivity index (χ1v) is 10.1. The molecule has 0 saturated heterocycles. The minimum Gasteiger partial charge on any atom is -0.423 e. The van der Waals surface area contributed by atoms with Crippen LogP contribution >= 0.6 is 0 Å². The second-order valence-corrected chi connectivity index (χ2v) is 7.40. The maximum atomic E-state index is 12.3. The maximum absolute atomic E-state index is 12.3. The molecular weight excluding hydrogens is 426 g/mol. The minimum absolute atomic E-state index is 0.106. The second kappa shape index (κ2) is 9.86. The Morgan fingerprint density at radius 1 is 1.12 bits per heavy atom. The Hall–Kier alpha value is -4.34. The number of aromatic nitrogens is 2. The highest BCUT2D eigenvalue weighted by Crippen LogP contribution is 2.21. The van der Waals surface area contributed by atoms with E-state index < -0.39 is 16.8 Å². The van der Waals surface area contributed by atoms with Crippen LogP contribution in [0.1, 0.15) is 39.8 Å². The Balaban J connectivity index is 1.61. The lowest BCUT2D eigenvalue weighted by Gasteiger charge is -2.08. The topological polar surface area (TPSA) is 129 Å². The zero-order chi connectivity index (χ0) is 24.1. The third-order valence-corrected chi connectivity index (χ3v) is 5.02. The second-order valence-electron chi connectivity index (χ2n) is 7.40. The van der Waals surface area contributed by atoms with E-state index >= 15 is 0 Å². The van der Waals surface area contributed by atoms with E-state index in [1.807, 2.05) is 19.1 Å². The van der Waals surface area contributed by atoms with Gasteiger partial charge in [0, 0.05) is 0 Å². The van der Waals surface area contributed by atoms with Crippen LogP contribution in [0.3, 0.4) is 0 Å². The molecule has 170 valence electrons. The molecule has 0 radical (unpaired) electrons. The summed E-state index contributed by atoms with van der Waals surface area (Å²) < 4.78 is 6.68. The number of esters is 1. The highest BCUT2D eigenvalue weighted by molar-refractivity contribution is 5.99. The van der Waals surface area contributed by atoms with Crippen molar-refractivity contribution in [3.05, 3.63) is 86.7 Å². The molecule has 1 amide bonds. The van der Waals surface area contributed by atoms with Gasteiger partial charge in [0.05, 0.1) is 16.2 Å². The Morgan fingerprint density at radius 3 is 2.39 bits per heavy atom. The summed E-state index contributed by atoms with van der Waals surface area (Å²) in [5.41, 5.74) is 5.42. The third kappa shape index (κ3) is 5.48. The molecule has 1 N–H and O–H groups in total. The quantitative estimate of drug-likeness (QED) is 0.193. The lowest BCUT2D eigenvalue weighted by Crippen LogP contribution is -2.25. The number of rotatable bonds is 7. The molecule has 0 aliphatic rings. The maximum Gasteiger partial charge on any atom is 0.343 e. The third-order valence-electron chi connectivity index (χ3n) is 5.02. The van der Waals surface area contributed by atoms with Gasteiger partial charge >= 0.3 is 11.7 Å². The fraction of sp³-hybridized carbons (Fsp3) is 0.217. The number of benzene rings is 2. The van der Waals surface area contributed by atoms with Gasteiger partial charge in [-0.05, 0) is 69.2 Å². The Morgan fingerprint density at radius 2 is 1.79 bits per heavy atom. The van der Waals surface area contributed by atoms with Crippen LogP contribution in [0.4, 0.5) is 5.69 Å². The molecule has 0 fully saturated rings. The molecule has 0 aliphatic heterocycles. The zero-order valence-corrected chi connectivity index (χ0v) is 18.7. The molecule has 2 aromatic carbocycles. The predicted molar refractivity (Wildman–Crippen MR) is 121 cm³/mol. The summed E-state index contributed by atoms with van der Waals surface area (Å²) in [6, 6.07) is 13.9. The number of ether oxygens (including phenoxy) is 1. The van der Waals surface area contributed by atoms with Crippen LogP contribution < -0.4 is 10.2 Å². The monoisotopic (exact) mass is 449 g/mol. The predicted octanol–water partition coefficient (Wildman–Crippen LogP) is 3.48. The van der Waals surface area contributed by atoms with Crippen molar-refractivity contribution in [2.75, 3.05) is 0 Å². The van der Waals surface area contributed by atoms with Crippen LogP contribution in [0.25, 0.3) is 0 Å². The number of hydrazone groups is 1. The molecule has 0 saturated carbocycles. The average molecular weight is 449 g/mol. The molecule has 1 aromatic heterocycles. The van der Waals surface area contributed by atoms with Crippen molar-refractivity contribution >= 4 is 23.3 Å². The first-order valence-electron chi connectivity index (χ1n) is 10.1. The molecule has 0 aliphatic carbocycles. The van der Waals surface area contributed by atoms with Crippen LogP contribution in [-0.4, -0.2) is 32.3 Å². The number of nitrogens with one attached hydrogen (secondary N) is 1. The van der Waals surface area contributed by atoms with Gasteiger partial charge in [0.1, 0.15) is 23.7 Å². The first-order chi connectivity index (χ1) is 15.7. The summed E-state index contributed by atoms with van der Waals surface area (Å²) in [6.45, 7) is 6.40. The number of amides is 1. The average Bonchev–Trinajstić information content (AvgIpc) is 3.05. The van der Waals surface area contributed by atoms with Gasteiger partial charge < -0.3 is 4.74 Å². The smallest absolute Gasteiger partial charge is 0.343 e.